The molecule has 6 N–H and O–H groups in total. The van der Waals surface area contributed by atoms with Gasteiger partial charge in [-0.3, -0.25) is 20.3 Å². The van der Waals surface area contributed by atoms with E-state index in [0.717, 1.165) is 0 Å². The van der Waals surface area contributed by atoms with Crippen molar-refractivity contribution in [1.29, 1.82) is 0 Å². The largest absolute Gasteiger partial charge is 0.368 e. The highest BCUT2D eigenvalue weighted by molar-refractivity contribution is 6.00. The molecule has 0 saturated carbocycles. The van der Waals surface area contributed by atoms with Crippen LogP contribution in [0.25, 0.3) is 5.70 Å². The van der Waals surface area contributed by atoms with Crippen LogP contribution >= 0.6 is 0 Å². The van der Waals surface area contributed by atoms with Crippen molar-refractivity contribution in [1.82, 2.24) is 45.3 Å². The van der Waals surface area contributed by atoms with Crippen LogP contribution in [0.15, 0.2) is 6.58 Å². The van der Waals surface area contributed by atoms with Crippen LogP contribution in [-0.2, 0) is 0 Å². The van der Waals surface area contributed by atoms with Crippen LogP contribution < -0.4 is 16.4 Å². The van der Waals surface area contributed by atoms with E-state index in [1.807, 2.05) is 13.8 Å². The minimum atomic E-state index is -0.593. The van der Waals surface area contributed by atoms with Gasteiger partial charge in [0.2, 0.25) is 23.7 Å². The molecule has 13 nitrogen and oxygen atoms in total. The number of aryl methyl sites for hydroxylation is 2. The monoisotopic (exact) mass is 372 g/mol. The maximum atomic E-state index is 12.0. The first-order valence-corrected chi connectivity index (χ1v) is 7.98. The topological polar surface area (TPSA) is 189 Å². The Kier molecular flexibility index (Phi) is 6.09. The highest BCUT2D eigenvalue weighted by Crippen LogP contribution is 2.13. The van der Waals surface area contributed by atoms with Gasteiger partial charge in [-0.15, -0.1) is 5.10 Å². The number of carbonyl (C=O) groups excluding carboxylic acids is 1. The van der Waals surface area contributed by atoms with Crippen LogP contribution in [0.5, 0.6) is 0 Å². The second-order valence-corrected chi connectivity index (χ2v) is 4.89. The summed E-state index contributed by atoms with van der Waals surface area (Å²) in [5, 5.41) is 18.2. The number of nitrogens with one attached hydrogen (secondary N) is 4. The fraction of sp³-hybridized carbons (Fsp3) is 0.286. The van der Waals surface area contributed by atoms with Gasteiger partial charge in [0.15, 0.2) is 5.82 Å². The van der Waals surface area contributed by atoms with Crippen LogP contribution in [0, 0.1) is 13.8 Å². The minimum absolute atomic E-state index is 0.0494. The van der Waals surface area contributed by atoms with Gasteiger partial charge in [0.1, 0.15) is 11.6 Å². The summed E-state index contributed by atoms with van der Waals surface area (Å²) in [5.41, 5.74) is 5.98. The first-order valence-electron chi connectivity index (χ1n) is 7.98. The lowest BCUT2D eigenvalue weighted by molar-refractivity contribution is 0.101. The lowest BCUT2D eigenvalue weighted by atomic mass is 10.4. The molecule has 1 amide bonds. The number of H-pyrrole nitrogens is 2. The second kappa shape index (κ2) is 8.46. The molecule has 27 heavy (non-hydrogen) atoms. The van der Waals surface area contributed by atoms with E-state index < -0.39 is 5.91 Å². The van der Waals surface area contributed by atoms with Crippen molar-refractivity contribution in [2.75, 3.05) is 16.4 Å². The van der Waals surface area contributed by atoms with Gasteiger partial charge in [-0.05, 0) is 13.8 Å². The van der Waals surface area contributed by atoms with Crippen LogP contribution in [0.4, 0.5) is 17.8 Å². The van der Waals surface area contributed by atoms with E-state index in [4.69, 9.17) is 5.73 Å². The molecule has 3 aromatic rings. The molecule has 0 aliphatic carbocycles. The number of nitrogens with two attached hydrogens (primary N) is 1. The molecular weight excluding hydrogens is 352 g/mol. The fourth-order valence-electron chi connectivity index (χ4n) is 1.77. The third kappa shape index (κ3) is 5.04. The number of aromatic amines is 2. The lowest BCUT2D eigenvalue weighted by Crippen LogP contribution is -2.18. The number of nitrogens with zero attached hydrogens (tertiary/aromatic N) is 7. The summed E-state index contributed by atoms with van der Waals surface area (Å²) in [4.78, 5) is 31.9. The number of aromatic nitrogens is 9. The SMILES string of the molecule is C=C(Nc1nc(N)nc(NC(=O)c2n[nH]c(C)n2)n1)c1n[nH]c(C)n1.CC. The quantitative estimate of drug-likeness (QED) is 0.425. The molecule has 0 unspecified atom stereocenters. The van der Waals surface area contributed by atoms with E-state index in [1.54, 1.807) is 13.8 Å². The van der Waals surface area contributed by atoms with Gasteiger partial charge >= 0.3 is 0 Å². The van der Waals surface area contributed by atoms with Gasteiger partial charge in [0.05, 0.1) is 5.70 Å². The summed E-state index contributed by atoms with van der Waals surface area (Å²) in [6.07, 6.45) is 0. The third-order valence-electron chi connectivity index (χ3n) is 2.81. The Morgan fingerprint density at radius 1 is 0.889 bits per heavy atom. The summed E-state index contributed by atoms with van der Waals surface area (Å²) >= 11 is 0. The predicted octanol–water partition coefficient (Wildman–Crippen LogP) is 0.668. The zero-order valence-electron chi connectivity index (χ0n) is 15.3. The van der Waals surface area contributed by atoms with Gasteiger partial charge in [-0.2, -0.15) is 20.1 Å². The smallest absolute Gasteiger partial charge is 0.297 e. The van der Waals surface area contributed by atoms with Gasteiger partial charge in [-0.25, -0.2) is 9.97 Å². The summed E-state index contributed by atoms with van der Waals surface area (Å²) in [5.74, 6) is 0.735. The molecule has 3 rings (SSSR count). The molecule has 3 heterocycles. The van der Waals surface area contributed by atoms with E-state index in [-0.39, 0.29) is 23.7 Å². The summed E-state index contributed by atoms with van der Waals surface area (Å²) in [6.45, 7) is 11.2. The Morgan fingerprint density at radius 2 is 1.41 bits per heavy atom. The summed E-state index contributed by atoms with van der Waals surface area (Å²) in [6, 6.07) is 0. The lowest BCUT2D eigenvalue weighted by Gasteiger charge is -2.07. The van der Waals surface area contributed by atoms with Crippen molar-refractivity contribution in [3.05, 3.63) is 29.9 Å². The van der Waals surface area contributed by atoms with Crippen molar-refractivity contribution in [3.63, 3.8) is 0 Å². The zero-order chi connectivity index (χ0) is 20.0. The van der Waals surface area contributed by atoms with Gasteiger partial charge < -0.3 is 11.1 Å². The number of carbonyl (C=O) groups is 1. The maximum Gasteiger partial charge on any atom is 0.297 e. The normalized spacial score (nSPS) is 9.93. The highest BCUT2D eigenvalue weighted by atomic mass is 16.2. The van der Waals surface area contributed by atoms with Gasteiger partial charge in [0, 0.05) is 0 Å². The van der Waals surface area contributed by atoms with E-state index in [1.165, 1.54) is 0 Å². The van der Waals surface area contributed by atoms with Crippen molar-refractivity contribution >= 4 is 29.4 Å². The first kappa shape index (κ1) is 19.4. The molecule has 0 spiro atoms. The summed E-state index contributed by atoms with van der Waals surface area (Å²) < 4.78 is 0. The number of hydrogen-bond donors (Lipinski definition) is 5. The number of anilines is 3. The standard InChI is InChI=1S/C12H14N12O.C2H6/c1-4(7-15-5(2)21-23-7)14-11-18-10(13)19-12(20-11)17-9(25)8-16-6(3)22-24-8;1-2/h1H2,2-3H3,(H,15,21,23)(H,16,22,24)(H4,13,14,17,18,19,20,25);1-2H3. The Morgan fingerprint density at radius 3 is 1.93 bits per heavy atom. The van der Waals surface area contributed by atoms with E-state index >= 15 is 0 Å². The Balaban J connectivity index is 0.00000126. The molecule has 142 valence electrons. The van der Waals surface area contributed by atoms with Crippen LogP contribution in [0.3, 0.4) is 0 Å². The molecule has 0 aromatic carbocycles. The Labute approximate surface area is 154 Å². The predicted molar refractivity (Wildman–Crippen MR) is 98.4 cm³/mol. The molecule has 3 aromatic heterocycles. The molecule has 0 saturated heterocycles. The molecule has 0 bridgehead atoms. The van der Waals surface area contributed by atoms with Crippen LogP contribution in [0.2, 0.25) is 0 Å². The molecule has 0 aliphatic rings. The minimum Gasteiger partial charge on any atom is -0.368 e. The fourth-order valence-corrected chi connectivity index (χ4v) is 1.77. The zero-order valence-corrected chi connectivity index (χ0v) is 15.3. The molecule has 0 aliphatic heterocycles. The van der Waals surface area contributed by atoms with Crippen LogP contribution in [-0.4, -0.2) is 51.2 Å². The average molecular weight is 372 g/mol. The third-order valence-corrected chi connectivity index (χ3v) is 2.81. The van der Waals surface area contributed by atoms with Gasteiger partial charge in [-0.1, -0.05) is 20.4 Å². The Hall–Kier alpha value is -3.90. The number of amides is 1. The average Bonchev–Trinajstić information content (AvgIpc) is 3.24. The van der Waals surface area contributed by atoms with Crippen LogP contribution in [0.1, 0.15) is 41.9 Å². The van der Waals surface area contributed by atoms with E-state index in [9.17, 15) is 4.79 Å². The van der Waals surface area contributed by atoms with E-state index in [0.29, 0.717) is 23.2 Å². The number of hydrogen-bond acceptors (Lipinski definition) is 10. The molecule has 0 fully saturated rings. The summed E-state index contributed by atoms with van der Waals surface area (Å²) in [7, 11) is 0. The highest BCUT2D eigenvalue weighted by Gasteiger charge is 2.15. The van der Waals surface area contributed by atoms with Crippen molar-refractivity contribution in [2.45, 2.75) is 27.7 Å². The van der Waals surface area contributed by atoms with Crippen molar-refractivity contribution < 1.29 is 4.79 Å². The van der Waals surface area contributed by atoms with E-state index in [2.05, 4.69) is 62.5 Å². The maximum absolute atomic E-state index is 12.0. The van der Waals surface area contributed by atoms with Gasteiger partial charge in [0.25, 0.3) is 5.91 Å². The second-order valence-electron chi connectivity index (χ2n) is 4.89. The van der Waals surface area contributed by atoms with Crippen molar-refractivity contribution in [2.24, 2.45) is 0 Å². The molecule has 13 heteroatoms. The number of nitrogen functional groups attached to an aromatic ring is 1. The van der Waals surface area contributed by atoms with Crippen molar-refractivity contribution in [3.8, 4) is 0 Å². The Bertz CT molecular complexity index is 871. The first-order chi connectivity index (χ1) is 12.9. The molecular formula is C14H20N12O. The molecule has 0 radical (unpaired) electrons. The molecule has 0 atom stereocenters. The number of rotatable bonds is 5.